The lowest BCUT2D eigenvalue weighted by atomic mass is 10.1. The Hall–Kier alpha value is -3.66. The maximum atomic E-state index is 13.2. The van der Waals surface area contributed by atoms with Crippen molar-refractivity contribution in [3.8, 4) is 16.3 Å². The number of carbonyl (C=O) groups excluding carboxylic acids is 2. The van der Waals surface area contributed by atoms with Gasteiger partial charge in [-0.2, -0.15) is 0 Å². The summed E-state index contributed by atoms with van der Waals surface area (Å²) in [5.74, 6) is 0.234. The molecular weight excluding hydrogens is 521 g/mol. The Labute approximate surface area is 221 Å². The smallest absolute Gasteiger partial charge is 0.319 e. The van der Waals surface area contributed by atoms with Gasteiger partial charge < -0.3 is 15.4 Å². The average molecular weight is 542 g/mol. The van der Waals surface area contributed by atoms with Crippen molar-refractivity contribution in [3.05, 3.63) is 88.4 Å². The minimum absolute atomic E-state index is 0.248. The van der Waals surface area contributed by atoms with Crippen molar-refractivity contribution in [2.24, 2.45) is 0 Å². The van der Waals surface area contributed by atoms with Crippen LogP contribution in [0.4, 0.5) is 15.6 Å². The van der Waals surface area contributed by atoms with Gasteiger partial charge in [0.25, 0.3) is 0 Å². The first-order valence-corrected chi connectivity index (χ1v) is 12.3. The summed E-state index contributed by atoms with van der Waals surface area (Å²) in [4.78, 5) is 26.0. The molecule has 0 aliphatic carbocycles. The van der Waals surface area contributed by atoms with E-state index in [1.54, 1.807) is 25.3 Å². The molecule has 1 atom stereocenters. The number of carbonyl (C=O) groups is 2. The monoisotopic (exact) mass is 541 g/mol. The first-order chi connectivity index (χ1) is 17.4. The number of nitrogens with zero attached hydrogens (tertiary/aromatic N) is 2. The number of aromatic nitrogens is 2. The minimum atomic E-state index is -0.919. The van der Waals surface area contributed by atoms with E-state index in [-0.39, 0.29) is 22.2 Å². The van der Waals surface area contributed by atoms with Crippen LogP contribution in [0.1, 0.15) is 5.56 Å². The van der Waals surface area contributed by atoms with Crippen LogP contribution in [0.5, 0.6) is 5.75 Å². The molecule has 1 aromatic heterocycles. The SMILES string of the molecule is COc1cccc(-c2nnc(NC(=O)C(Cc3ccccc3)NC(=O)Nc3c(Cl)cccc3Cl)s2)c1. The highest BCUT2D eigenvalue weighted by Crippen LogP contribution is 2.30. The van der Waals surface area contributed by atoms with Gasteiger partial charge in [0.1, 0.15) is 16.8 Å². The molecule has 184 valence electrons. The van der Waals surface area contributed by atoms with Gasteiger partial charge in [0, 0.05) is 12.0 Å². The van der Waals surface area contributed by atoms with Crippen LogP contribution < -0.4 is 20.7 Å². The molecule has 8 nitrogen and oxygen atoms in total. The summed E-state index contributed by atoms with van der Waals surface area (Å²) in [6, 6.07) is 20.0. The van der Waals surface area contributed by atoms with Crippen LogP contribution in [0, 0.1) is 0 Å². The molecule has 0 bridgehead atoms. The van der Waals surface area contributed by atoms with Gasteiger partial charge in [0.2, 0.25) is 11.0 Å². The van der Waals surface area contributed by atoms with E-state index in [1.807, 2.05) is 54.6 Å². The molecule has 0 radical (unpaired) electrons. The number of rotatable bonds is 8. The van der Waals surface area contributed by atoms with Gasteiger partial charge >= 0.3 is 6.03 Å². The summed E-state index contributed by atoms with van der Waals surface area (Å²) in [7, 11) is 1.58. The number of ether oxygens (including phenoxy) is 1. The zero-order valence-corrected chi connectivity index (χ0v) is 21.3. The summed E-state index contributed by atoms with van der Waals surface area (Å²) in [6.07, 6.45) is 0.248. The van der Waals surface area contributed by atoms with Crippen molar-refractivity contribution >= 4 is 57.3 Å². The van der Waals surface area contributed by atoms with Crippen LogP contribution in [-0.4, -0.2) is 35.3 Å². The fourth-order valence-electron chi connectivity index (χ4n) is 3.32. The molecule has 0 aliphatic rings. The van der Waals surface area contributed by atoms with E-state index in [0.29, 0.717) is 15.9 Å². The van der Waals surface area contributed by atoms with Gasteiger partial charge in [-0.05, 0) is 29.8 Å². The number of anilines is 2. The Balaban J connectivity index is 1.50. The molecule has 4 aromatic rings. The van der Waals surface area contributed by atoms with E-state index in [9.17, 15) is 9.59 Å². The van der Waals surface area contributed by atoms with Gasteiger partial charge in [-0.25, -0.2) is 4.79 Å². The number of nitrogens with one attached hydrogen (secondary N) is 3. The maximum absolute atomic E-state index is 13.2. The molecule has 1 heterocycles. The zero-order valence-electron chi connectivity index (χ0n) is 19.0. The third kappa shape index (κ3) is 6.51. The van der Waals surface area contributed by atoms with Crippen molar-refractivity contribution in [1.82, 2.24) is 15.5 Å². The number of hydrogen-bond acceptors (Lipinski definition) is 6. The normalized spacial score (nSPS) is 11.4. The molecule has 0 saturated carbocycles. The second kappa shape index (κ2) is 11.9. The summed E-state index contributed by atoms with van der Waals surface area (Å²) in [5.41, 5.74) is 1.93. The van der Waals surface area contributed by atoms with Gasteiger partial charge in [-0.3, -0.25) is 10.1 Å². The Morgan fingerprint density at radius 3 is 2.39 bits per heavy atom. The van der Waals surface area contributed by atoms with E-state index in [4.69, 9.17) is 27.9 Å². The lowest BCUT2D eigenvalue weighted by molar-refractivity contribution is -0.117. The Bertz CT molecular complexity index is 1350. The third-order valence-electron chi connectivity index (χ3n) is 5.08. The lowest BCUT2D eigenvalue weighted by Crippen LogP contribution is -2.47. The first kappa shape index (κ1) is 25.4. The number of urea groups is 1. The Morgan fingerprint density at radius 2 is 1.67 bits per heavy atom. The van der Waals surface area contributed by atoms with Crippen molar-refractivity contribution < 1.29 is 14.3 Å². The van der Waals surface area contributed by atoms with Crippen molar-refractivity contribution in [1.29, 1.82) is 0 Å². The van der Waals surface area contributed by atoms with Gasteiger partial charge in [0.05, 0.1) is 22.8 Å². The highest BCUT2D eigenvalue weighted by molar-refractivity contribution is 7.18. The zero-order chi connectivity index (χ0) is 25.5. The molecular formula is C25H21Cl2N5O3S. The molecule has 11 heteroatoms. The predicted molar refractivity (Wildman–Crippen MR) is 143 cm³/mol. The third-order valence-corrected chi connectivity index (χ3v) is 6.60. The van der Waals surface area contributed by atoms with E-state index >= 15 is 0 Å². The van der Waals surface area contributed by atoms with Crippen LogP contribution in [0.15, 0.2) is 72.8 Å². The molecule has 1 unspecified atom stereocenters. The maximum Gasteiger partial charge on any atom is 0.319 e. The topological polar surface area (TPSA) is 105 Å². The fourth-order valence-corrected chi connectivity index (χ4v) is 4.56. The predicted octanol–water partition coefficient (Wildman–Crippen LogP) is 5.89. The van der Waals surface area contributed by atoms with Gasteiger partial charge in [-0.1, -0.05) is 83.1 Å². The van der Waals surface area contributed by atoms with Crippen molar-refractivity contribution in [3.63, 3.8) is 0 Å². The highest BCUT2D eigenvalue weighted by Gasteiger charge is 2.23. The number of halogens is 2. The summed E-state index contributed by atoms with van der Waals surface area (Å²) < 4.78 is 5.25. The van der Waals surface area contributed by atoms with Crippen LogP contribution in [0.25, 0.3) is 10.6 Å². The standard InChI is InChI=1S/C25H21Cl2N5O3S/c1-35-17-10-5-9-16(14-17)23-31-32-25(36-23)30-22(33)20(13-15-7-3-2-4-8-15)28-24(34)29-21-18(26)11-6-12-19(21)27/h2-12,14,20H,13H2,1H3,(H2,28,29,34)(H,30,32,33). The number of hydrogen-bond donors (Lipinski definition) is 3. The number of benzene rings is 3. The fraction of sp³-hybridized carbons (Fsp3) is 0.120. The second-order valence-corrected chi connectivity index (χ2v) is 9.36. The van der Waals surface area contributed by atoms with E-state index in [0.717, 1.165) is 11.1 Å². The molecule has 36 heavy (non-hydrogen) atoms. The molecule has 3 amide bonds. The molecule has 4 rings (SSSR count). The molecule has 0 fully saturated rings. The lowest BCUT2D eigenvalue weighted by Gasteiger charge is -2.19. The van der Waals surface area contributed by atoms with Crippen LogP contribution in [0.2, 0.25) is 10.0 Å². The number of amides is 3. The van der Waals surface area contributed by atoms with Crippen molar-refractivity contribution in [2.75, 3.05) is 17.7 Å². The molecule has 0 aliphatic heterocycles. The van der Waals surface area contributed by atoms with Crippen LogP contribution in [0.3, 0.4) is 0 Å². The van der Waals surface area contributed by atoms with Crippen LogP contribution >= 0.6 is 34.5 Å². The molecule has 3 N–H and O–H groups in total. The van der Waals surface area contributed by atoms with Crippen LogP contribution in [-0.2, 0) is 11.2 Å². The van der Waals surface area contributed by atoms with Crippen molar-refractivity contribution in [2.45, 2.75) is 12.5 Å². The summed E-state index contributed by atoms with van der Waals surface area (Å²) in [6.45, 7) is 0. The molecule has 0 saturated heterocycles. The Kier molecular flexibility index (Phi) is 8.37. The average Bonchev–Trinajstić information content (AvgIpc) is 3.35. The number of para-hydroxylation sites is 1. The largest absolute Gasteiger partial charge is 0.497 e. The summed E-state index contributed by atoms with van der Waals surface area (Å²) in [5, 5.41) is 17.8. The van der Waals surface area contributed by atoms with Gasteiger partial charge in [0.15, 0.2) is 0 Å². The van der Waals surface area contributed by atoms with Gasteiger partial charge in [-0.15, -0.1) is 10.2 Å². The highest BCUT2D eigenvalue weighted by atomic mass is 35.5. The molecule has 3 aromatic carbocycles. The quantitative estimate of drug-likeness (QED) is 0.258. The Morgan fingerprint density at radius 1 is 0.944 bits per heavy atom. The minimum Gasteiger partial charge on any atom is -0.497 e. The van der Waals surface area contributed by atoms with E-state index in [1.165, 1.54) is 11.3 Å². The van der Waals surface area contributed by atoms with E-state index < -0.39 is 18.0 Å². The number of methoxy groups -OCH3 is 1. The summed E-state index contributed by atoms with van der Waals surface area (Å²) >= 11 is 13.5. The molecule has 0 spiro atoms. The van der Waals surface area contributed by atoms with E-state index in [2.05, 4.69) is 26.1 Å². The first-order valence-electron chi connectivity index (χ1n) is 10.8. The second-order valence-electron chi connectivity index (χ2n) is 7.57.